The first-order valence-electron chi connectivity index (χ1n) is 8.88. The van der Waals surface area contributed by atoms with E-state index in [1.165, 1.54) is 64.7 Å². The number of likely N-dealkylation sites (tertiary alicyclic amines) is 1. The molecule has 3 rings (SSSR count). The van der Waals surface area contributed by atoms with Gasteiger partial charge in [-0.1, -0.05) is 6.42 Å². The molecule has 21 heavy (non-hydrogen) atoms. The average molecular weight is 294 g/mol. The molecule has 120 valence electrons. The van der Waals surface area contributed by atoms with E-state index >= 15 is 0 Å². The Bertz CT molecular complexity index is 368. The summed E-state index contributed by atoms with van der Waals surface area (Å²) in [4.78, 5) is 17.5. The van der Waals surface area contributed by atoms with Crippen molar-refractivity contribution in [3.8, 4) is 0 Å². The molecule has 3 heterocycles. The number of hydrogen-bond donors (Lipinski definition) is 0. The van der Waals surface area contributed by atoms with E-state index < -0.39 is 0 Å². The summed E-state index contributed by atoms with van der Waals surface area (Å²) in [6, 6.07) is 0.704. The van der Waals surface area contributed by atoms with Crippen LogP contribution < -0.4 is 0 Å². The Morgan fingerprint density at radius 2 is 1.95 bits per heavy atom. The van der Waals surface area contributed by atoms with Crippen molar-refractivity contribution >= 4 is 5.97 Å². The van der Waals surface area contributed by atoms with Crippen LogP contribution in [0.25, 0.3) is 0 Å². The number of rotatable bonds is 4. The minimum absolute atomic E-state index is 0.00882. The van der Waals surface area contributed by atoms with Gasteiger partial charge in [0.2, 0.25) is 0 Å². The molecule has 2 unspecified atom stereocenters. The Labute approximate surface area is 128 Å². The van der Waals surface area contributed by atoms with Gasteiger partial charge in [-0.3, -0.25) is 9.69 Å². The van der Waals surface area contributed by atoms with Crippen molar-refractivity contribution in [1.82, 2.24) is 9.80 Å². The molecular formula is C17H30N2O2. The molecule has 3 saturated heterocycles. The predicted molar refractivity (Wildman–Crippen MR) is 83.2 cm³/mol. The van der Waals surface area contributed by atoms with Crippen LogP contribution in [-0.2, 0) is 9.53 Å². The number of piperidine rings is 2. The summed E-state index contributed by atoms with van der Waals surface area (Å²) in [5.41, 5.74) is 0.0815. The molecule has 4 nitrogen and oxygen atoms in total. The SMILES string of the molecule is CCOC(=O)CC1(N2CCCCC2)CCN2CCCC2C1. The van der Waals surface area contributed by atoms with Crippen molar-refractivity contribution in [2.24, 2.45) is 0 Å². The fraction of sp³-hybridized carbons (Fsp3) is 0.941. The molecule has 3 aliphatic heterocycles. The molecule has 0 amide bonds. The summed E-state index contributed by atoms with van der Waals surface area (Å²) < 4.78 is 5.29. The highest BCUT2D eigenvalue weighted by atomic mass is 16.5. The van der Waals surface area contributed by atoms with Crippen LogP contribution in [0.1, 0.15) is 58.3 Å². The predicted octanol–water partition coefficient (Wildman–Crippen LogP) is 2.42. The second-order valence-corrected chi connectivity index (χ2v) is 7.04. The van der Waals surface area contributed by atoms with Crippen molar-refractivity contribution in [3.05, 3.63) is 0 Å². The van der Waals surface area contributed by atoms with E-state index in [4.69, 9.17) is 4.74 Å². The highest BCUT2D eigenvalue weighted by Gasteiger charge is 2.46. The fourth-order valence-electron chi connectivity index (χ4n) is 4.72. The molecule has 0 aromatic carbocycles. The Morgan fingerprint density at radius 3 is 2.71 bits per heavy atom. The lowest BCUT2D eigenvalue weighted by Gasteiger charge is -2.51. The average Bonchev–Trinajstić information content (AvgIpc) is 2.95. The Kier molecular flexibility index (Phi) is 4.85. The normalized spacial score (nSPS) is 34.6. The molecule has 0 bridgehead atoms. The smallest absolute Gasteiger partial charge is 0.307 e. The summed E-state index contributed by atoms with van der Waals surface area (Å²) in [6.07, 6.45) is 9.50. The second-order valence-electron chi connectivity index (χ2n) is 7.04. The lowest BCUT2D eigenvalue weighted by molar-refractivity contribution is -0.148. The summed E-state index contributed by atoms with van der Waals surface area (Å²) in [7, 11) is 0. The van der Waals surface area contributed by atoms with Gasteiger partial charge >= 0.3 is 5.97 Å². The van der Waals surface area contributed by atoms with Crippen LogP contribution in [0.15, 0.2) is 0 Å². The number of nitrogens with zero attached hydrogens (tertiary/aromatic N) is 2. The van der Waals surface area contributed by atoms with Crippen LogP contribution in [0, 0.1) is 0 Å². The monoisotopic (exact) mass is 294 g/mol. The number of hydrogen-bond acceptors (Lipinski definition) is 4. The van der Waals surface area contributed by atoms with E-state index in [-0.39, 0.29) is 11.5 Å². The van der Waals surface area contributed by atoms with Gasteiger partial charge in [0, 0.05) is 18.1 Å². The molecule has 0 aliphatic carbocycles. The Balaban J connectivity index is 1.74. The van der Waals surface area contributed by atoms with Crippen LogP contribution in [0.4, 0.5) is 0 Å². The number of carbonyl (C=O) groups excluding carboxylic acids is 1. The van der Waals surface area contributed by atoms with E-state index in [1.807, 2.05) is 6.92 Å². The minimum atomic E-state index is 0.00882. The van der Waals surface area contributed by atoms with Crippen molar-refractivity contribution in [2.45, 2.75) is 69.9 Å². The van der Waals surface area contributed by atoms with Gasteiger partial charge in [-0.2, -0.15) is 0 Å². The first-order chi connectivity index (χ1) is 10.2. The van der Waals surface area contributed by atoms with Gasteiger partial charge in [-0.05, 0) is 65.1 Å². The largest absolute Gasteiger partial charge is 0.466 e. The van der Waals surface area contributed by atoms with Crippen LogP contribution in [0.3, 0.4) is 0 Å². The van der Waals surface area contributed by atoms with Gasteiger partial charge in [0.15, 0.2) is 0 Å². The summed E-state index contributed by atoms with van der Waals surface area (Å²) in [5.74, 6) is 0.00882. The maximum atomic E-state index is 12.2. The van der Waals surface area contributed by atoms with Crippen LogP contribution in [0.5, 0.6) is 0 Å². The molecule has 0 aromatic rings. The standard InChI is InChI=1S/C17H30N2O2/c1-2-21-16(20)14-17(19-10-4-3-5-11-19)8-12-18-9-6-7-15(18)13-17/h15H,2-14H2,1H3. The summed E-state index contributed by atoms with van der Waals surface area (Å²) in [5, 5.41) is 0. The van der Waals surface area contributed by atoms with Gasteiger partial charge < -0.3 is 9.64 Å². The Hall–Kier alpha value is -0.610. The highest BCUT2D eigenvalue weighted by molar-refractivity contribution is 5.71. The van der Waals surface area contributed by atoms with E-state index in [0.29, 0.717) is 19.1 Å². The number of fused-ring (bicyclic) bond motifs is 1. The van der Waals surface area contributed by atoms with Crippen molar-refractivity contribution < 1.29 is 9.53 Å². The number of carbonyl (C=O) groups is 1. The lowest BCUT2D eigenvalue weighted by Crippen LogP contribution is -2.59. The summed E-state index contributed by atoms with van der Waals surface area (Å²) >= 11 is 0. The first-order valence-corrected chi connectivity index (χ1v) is 8.88. The zero-order valence-electron chi connectivity index (χ0n) is 13.5. The number of esters is 1. The van der Waals surface area contributed by atoms with Gasteiger partial charge in [0.25, 0.3) is 0 Å². The first kappa shape index (κ1) is 15.3. The molecule has 0 radical (unpaired) electrons. The fourth-order valence-corrected chi connectivity index (χ4v) is 4.72. The van der Waals surface area contributed by atoms with Gasteiger partial charge in [0.1, 0.15) is 0 Å². The minimum Gasteiger partial charge on any atom is -0.466 e. The highest BCUT2D eigenvalue weighted by Crippen LogP contribution is 2.40. The van der Waals surface area contributed by atoms with E-state index in [2.05, 4.69) is 9.80 Å². The molecule has 0 N–H and O–H groups in total. The second kappa shape index (κ2) is 6.66. The van der Waals surface area contributed by atoms with Crippen molar-refractivity contribution in [3.63, 3.8) is 0 Å². The third-order valence-corrected chi connectivity index (χ3v) is 5.78. The number of ether oxygens (including phenoxy) is 1. The van der Waals surface area contributed by atoms with Crippen LogP contribution in [0.2, 0.25) is 0 Å². The van der Waals surface area contributed by atoms with E-state index in [9.17, 15) is 4.79 Å². The van der Waals surface area contributed by atoms with Crippen LogP contribution >= 0.6 is 0 Å². The molecular weight excluding hydrogens is 264 g/mol. The molecule has 3 fully saturated rings. The quantitative estimate of drug-likeness (QED) is 0.746. The zero-order valence-corrected chi connectivity index (χ0v) is 13.5. The van der Waals surface area contributed by atoms with E-state index in [0.717, 1.165) is 6.42 Å². The lowest BCUT2D eigenvalue weighted by atomic mass is 9.78. The van der Waals surface area contributed by atoms with Gasteiger partial charge in [-0.25, -0.2) is 0 Å². The Morgan fingerprint density at radius 1 is 1.14 bits per heavy atom. The molecule has 2 atom stereocenters. The molecule has 4 heteroatoms. The maximum Gasteiger partial charge on any atom is 0.307 e. The third kappa shape index (κ3) is 3.26. The molecule has 0 saturated carbocycles. The zero-order chi connectivity index (χ0) is 14.7. The maximum absolute atomic E-state index is 12.2. The third-order valence-electron chi connectivity index (χ3n) is 5.78. The van der Waals surface area contributed by atoms with Gasteiger partial charge in [0.05, 0.1) is 13.0 Å². The topological polar surface area (TPSA) is 32.8 Å². The molecule has 0 spiro atoms. The molecule has 0 aromatic heterocycles. The van der Waals surface area contributed by atoms with Crippen molar-refractivity contribution in [2.75, 3.05) is 32.8 Å². The molecule has 3 aliphatic rings. The van der Waals surface area contributed by atoms with Crippen molar-refractivity contribution in [1.29, 1.82) is 0 Å². The van der Waals surface area contributed by atoms with E-state index in [1.54, 1.807) is 0 Å². The van der Waals surface area contributed by atoms with Gasteiger partial charge in [-0.15, -0.1) is 0 Å². The summed E-state index contributed by atoms with van der Waals surface area (Å²) in [6.45, 7) is 7.19. The van der Waals surface area contributed by atoms with Crippen LogP contribution in [-0.4, -0.2) is 60.1 Å².